The van der Waals surface area contributed by atoms with Crippen molar-refractivity contribution in [2.45, 2.75) is 56.6 Å². The Morgan fingerprint density at radius 3 is 2.38 bits per heavy atom. The summed E-state index contributed by atoms with van der Waals surface area (Å²) in [5, 5.41) is 10.5. The number of nitrogens with zero attached hydrogens (tertiary/aromatic N) is 1. The number of aliphatic hydroxyl groups is 1. The molecule has 0 aromatic heterocycles. The third-order valence-electron chi connectivity index (χ3n) is 3.86. The SMILES string of the molecule is CN1CCC[C@@H]1C1(O)CCCCC1. The fourth-order valence-corrected chi connectivity index (χ4v) is 3.09. The van der Waals surface area contributed by atoms with E-state index in [0.717, 1.165) is 12.8 Å². The van der Waals surface area contributed by atoms with E-state index in [1.54, 1.807) is 0 Å². The molecule has 0 aromatic carbocycles. The van der Waals surface area contributed by atoms with Crippen LogP contribution in [0, 0.1) is 0 Å². The fourth-order valence-electron chi connectivity index (χ4n) is 3.09. The topological polar surface area (TPSA) is 23.5 Å². The van der Waals surface area contributed by atoms with Gasteiger partial charge < -0.3 is 10.0 Å². The quantitative estimate of drug-likeness (QED) is 0.670. The van der Waals surface area contributed by atoms with E-state index in [1.807, 2.05) is 0 Å². The number of hydrogen-bond acceptors (Lipinski definition) is 2. The molecule has 2 heteroatoms. The third-order valence-corrected chi connectivity index (χ3v) is 3.86. The lowest BCUT2D eigenvalue weighted by molar-refractivity contribution is -0.0542. The van der Waals surface area contributed by atoms with E-state index in [4.69, 9.17) is 0 Å². The van der Waals surface area contributed by atoms with Crippen LogP contribution >= 0.6 is 0 Å². The average Bonchev–Trinajstić information content (AvgIpc) is 2.53. The first-order valence-corrected chi connectivity index (χ1v) is 5.65. The van der Waals surface area contributed by atoms with E-state index in [2.05, 4.69) is 11.9 Å². The first kappa shape index (κ1) is 9.47. The minimum atomic E-state index is -0.344. The molecule has 76 valence electrons. The Bertz CT molecular complexity index is 175. The summed E-state index contributed by atoms with van der Waals surface area (Å²) in [6.07, 6.45) is 8.29. The summed E-state index contributed by atoms with van der Waals surface area (Å²) in [6, 6.07) is 0.452. The maximum Gasteiger partial charge on any atom is 0.0802 e. The highest BCUT2D eigenvalue weighted by Crippen LogP contribution is 2.36. The molecule has 2 aliphatic rings. The molecule has 0 bridgehead atoms. The first-order valence-electron chi connectivity index (χ1n) is 5.65. The van der Waals surface area contributed by atoms with Gasteiger partial charge in [0.15, 0.2) is 0 Å². The van der Waals surface area contributed by atoms with Gasteiger partial charge in [-0.1, -0.05) is 19.3 Å². The number of hydrogen-bond donors (Lipinski definition) is 1. The van der Waals surface area contributed by atoms with Gasteiger partial charge in [0.05, 0.1) is 5.60 Å². The zero-order chi connectivity index (χ0) is 9.31. The van der Waals surface area contributed by atoms with Gasteiger partial charge in [-0.25, -0.2) is 0 Å². The van der Waals surface area contributed by atoms with E-state index < -0.39 is 0 Å². The molecule has 1 heterocycles. The summed E-state index contributed by atoms with van der Waals surface area (Å²) in [6.45, 7) is 1.17. The van der Waals surface area contributed by atoms with E-state index in [0.29, 0.717) is 6.04 Å². The number of rotatable bonds is 1. The Labute approximate surface area is 80.9 Å². The van der Waals surface area contributed by atoms with Gasteiger partial charge >= 0.3 is 0 Å². The van der Waals surface area contributed by atoms with Gasteiger partial charge in [-0.05, 0) is 39.3 Å². The molecule has 1 N–H and O–H groups in total. The molecule has 1 aliphatic carbocycles. The van der Waals surface area contributed by atoms with Gasteiger partial charge in [0, 0.05) is 6.04 Å². The molecule has 0 aromatic rings. The van der Waals surface area contributed by atoms with Gasteiger partial charge in [0.25, 0.3) is 0 Å². The lowest BCUT2D eigenvalue weighted by Crippen LogP contribution is -2.49. The van der Waals surface area contributed by atoms with Crippen molar-refractivity contribution in [2.75, 3.05) is 13.6 Å². The summed E-state index contributed by atoms with van der Waals surface area (Å²) >= 11 is 0. The maximum absolute atomic E-state index is 10.5. The fraction of sp³-hybridized carbons (Fsp3) is 1.00. The van der Waals surface area contributed by atoms with Gasteiger partial charge in [0.2, 0.25) is 0 Å². The molecule has 0 unspecified atom stereocenters. The minimum absolute atomic E-state index is 0.344. The summed E-state index contributed by atoms with van der Waals surface area (Å²) in [5.41, 5.74) is -0.344. The van der Waals surface area contributed by atoms with Crippen LogP contribution in [0.4, 0.5) is 0 Å². The second-order valence-corrected chi connectivity index (χ2v) is 4.80. The molecule has 2 fully saturated rings. The molecular formula is C11H21NO. The van der Waals surface area contributed by atoms with Crippen molar-refractivity contribution in [2.24, 2.45) is 0 Å². The van der Waals surface area contributed by atoms with Gasteiger partial charge in [-0.15, -0.1) is 0 Å². The summed E-state index contributed by atoms with van der Waals surface area (Å²) in [7, 11) is 2.16. The largest absolute Gasteiger partial charge is 0.388 e. The van der Waals surface area contributed by atoms with Crippen LogP contribution < -0.4 is 0 Å². The van der Waals surface area contributed by atoms with Crippen LogP contribution in [0.25, 0.3) is 0 Å². The van der Waals surface area contributed by atoms with Crippen LogP contribution in [0.5, 0.6) is 0 Å². The number of likely N-dealkylation sites (tertiary alicyclic amines) is 1. The third kappa shape index (κ3) is 1.75. The van der Waals surface area contributed by atoms with Crippen molar-refractivity contribution >= 4 is 0 Å². The van der Waals surface area contributed by atoms with Crippen molar-refractivity contribution in [1.82, 2.24) is 4.90 Å². The Balaban J connectivity index is 2.03. The van der Waals surface area contributed by atoms with Crippen molar-refractivity contribution in [1.29, 1.82) is 0 Å². The predicted molar refractivity (Wildman–Crippen MR) is 53.7 cm³/mol. The minimum Gasteiger partial charge on any atom is -0.388 e. The Morgan fingerprint density at radius 2 is 1.85 bits per heavy atom. The second kappa shape index (κ2) is 3.58. The normalized spacial score (nSPS) is 35.1. The molecule has 1 saturated heterocycles. The molecule has 0 radical (unpaired) electrons. The van der Waals surface area contributed by atoms with Gasteiger partial charge in [-0.2, -0.15) is 0 Å². The van der Waals surface area contributed by atoms with Crippen molar-refractivity contribution in [3.05, 3.63) is 0 Å². The Hall–Kier alpha value is -0.0800. The van der Waals surface area contributed by atoms with Crippen molar-refractivity contribution < 1.29 is 5.11 Å². The Kier molecular flexibility index (Phi) is 2.61. The molecule has 13 heavy (non-hydrogen) atoms. The van der Waals surface area contributed by atoms with E-state index in [-0.39, 0.29) is 5.60 Å². The van der Waals surface area contributed by atoms with Crippen LogP contribution in [-0.2, 0) is 0 Å². The van der Waals surface area contributed by atoms with Crippen molar-refractivity contribution in [3.8, 4) is 0 Å². The lowest BCUT2D eigenvalue weighted by atomic mass is 9.78. The maximum atomic E-state index is 10.5. The van der Waals surface area contributed by atoms with E-state index >= 15 is 0 Å². The zero-order valence-electron chi connectivity index (χ0n) is 8.63. The molecule has 2 nitrogen and oxygen atoms in total. The van der Waals surface area contributed by atoms with Gasteiger partial charge in [0.1, 0.15) is 0 Å². The lowest BCUT2D eigenvalue weighted by Gasteiger charge is -2.40. The molecule has 0 amide bonds. The van der Waals surface area contributed by atoms with Crippen LogP contribution in [0.1, 0.15) is 44.9 Å². The van der Waals surface area contributed by atoms with E-state index in [1.165, 1.54) is 38.6 Å². The molecule has 1 atom stereocenters. The average molecular weight is 183 g/mol. The molecule has 1 saturated carbocycles. The summed E-state index contributed by atoms with van der Waals surface area (Å²) in [5.74, 6) is 0. The van der Waals surface area contributed by atoms with E-state index in [9.17, 15) is 5.11 Å². The Morgan fingerprint density at radius 1 is 1.15 bits per heavy atom. The van der Waals surface area contributed by atoms with Crippen molar-refractivity contribution in [3.63, 3.8) is 0 Å². The highest BCUT2D eigenvalue weighted by Gasteiger charge is 2.41. The number of likely N-dealkylation sites (N-methyl/N-ethyl adjacent to an activating group) is 1. The highest BCUT2D eigenvalue weighted by atomic mass is 16.3. The standard InChI is InChI=1S/C11H21NO/c1-12-9-5-6-10(12)11(13)7-3-2-4-8-11/h10,13H,2-9H2,1H3/t10-/m1/s1. The van der Waals surface area contributed by atoms with Crippen LogP contribution in [-0.4, -0.2) is 35.2 Å². The smallest absolute Gasteiger partial charge is 0.0802 e. The van der Waals surface area contributed by atoms with Crippen LogP contribution in [0.2, 0.25) is 0 Å². The molecule has 0 spiro atoms. The summed E-state index contributed by atoms with van der Waals surface area (Å²) in [4.78, 5) is 2.35. The molecular weight excluding hydrogens is 162 g/mol. The highest BCUT2D eigenvalue weighted by molar-refractivity contribution is 4.96. The molecule has 1 aliphatic heterocycles. The monoisotopic (exact) mass is 183 g/mol. The van der Waals surface area contributed by atoms with Gasteiger partial charge in [-0.3, -0.25) is 0 Å². The first-order chi connectivity index (χ1) is 6.22. The van der Waals surface area contributed by atoms with Crippen LogP contribution in [0.3, 0.4) is 0 Å². The zero-order valence-corrected chi connectivity index (χ0v) is 8.63. The molecule has 2 rings (SSSR count). The second-order valence-electron chi connectivity index (χ2n) is 4.80. The predicted octanol–water partition coefficient (Wildman–Crippen LogP) is 1.78. The van der Waals surface area contributed by atoms with Crippen LogP contribution in [0.15, 0.2) is 0 Å². The summed E-state index contributed by atoms with van der Waals surface area (Å²) < 4.78 is 0.